The van der Waals surface area contributed by atoms with Gasteiger partial charge in [-0.25, -0.2) is 14.8 Å². The fourth-order valence-electron chi connectivity index (χ4n) is 4.18. The summed E-state index contributed by atoms with van der Waals surface area (Å²) in [5.74, 6) is 0.689. The van der Waals surface area contributed by atoms with E-state index in [1.54, 1.807) is 23.3 Å². The van der Waals surface area contributed by atoms with E-state index in [2.05, 4.69) is 43.0 Å². The third-order valence-electron chi connectivity index (χ3n) is 6.04. The molecular formula is C27H27N7O2. The van der Waals surface area contributed by atoms with Crippen molar-refractivity contribution < 1.29 is 9.59 Å². The van der Waals surface area contributed by atoms with Crippen molar-refractivity contribution in [1.82, 2.24) is 25.2 Å². The maximum Gasteiger partial charge on any atom is 0.315 e. The van der Waals surface area contributed by atoms with E-state index in [0.29, 0.717) is 19.6 Å². The Morgan fingerprint density at radius 3 is 2.53 bits per heavy atom. The average molecular weight is 482 g/mol. The number of imidazole rings is 1. The summed E-state index contributed by atoms with van der Waals surface area (Å²) in [6.07, 6.45) is 7.85. The number of hydrogen-bond acceptors (Lipinski definition) is 5. The molecule has 9 nitrogen and oxygen atoms in total. The minimum absolute atomic E-state index is 0.0516. The van der Waals surface area contributed by atoms with Crippen molar-refractivity contribution in [3.8, 4) is 5.82 Å². The van der Waals surface area contributed by atoms with E-state index in [0.717, 1.165) is 41.3 Å². The summed E-state index contributed by atoms with van der Waals surface area (Å²) in [5, 5.41) is 8.66. The standard InChI is InChI=1S/C27H27N7O2/c35-26(18-33-13-10-22-3-1-2-4-24(22)33)32-23-7-5-20(6-8-23)16-30-27(36)31-17-21-9-11-29-25(15-21)34-14-12-28-19-34/h1-9,11-12,14-15,19H,10,13,16-18H2,(H,32,35)(H2,30,31,36). The summed E-state index contributed by atoms with van der Waals surface area (Å²) in [4.78, 5) is 35.2. The summed E-state index contributed by atoms with van der Waals surface area (Å²) in [7, 11) is 0. The summed E-state index contributed by atoms with van der Waals surface area (Å²) in [5.41, 5.74) is 5.01. The molecule has 0 atom stereocenters. The minimum atomic E-state index is -0.265. The number of nitrogens with zero attached hydrogens (tertiary/aromatic N) is 4. The first-order valence-corrected chi connectivity index (χ1v) is 11.8. The zero-order valence-corrected chi connectivity index (χ0v) is 19.7. The minimum Gasteiger partial charge on any atom is -0.362 e. The fraction of sp³-hybridized carbons (Fsp3) is 0.185. The van der Waals surface area contributed by atoms with Gasteiger partial charge in [-0.1, -0.05) is 30.3 Å². The van der Waals surface area contributed by atoms with Crippen molar-refractivity contribution in [1.29, 1.82) is 0 Å². The molecule has 3 N–H and O–H groups in total. The maximum atomic E-state index is 12.5. The van der Waals surface area contributed by atoms with Crippen LogP contribution in [0.2, 0.25) is 0 Å². The highest BCUT2D eigenvalue weighted by Gasteiger charge is 2.20. The van der Waals surface area contributed by atoms with E-state index in [9.17, 15) is 9.59 Å². The normalized spacial score (nSPS) is 12.2. The van der Waals surface area contributed by atoms with E-state index >= 15 is 0 Å². The molecule has 0 aliphatic carbocycles. The van der Waals surface area contributed by atoms with Gasteiger partial charge in [0, 0.05) is 49.6 Å². The number of aromatic nitrogens is 3. The number of carbonyl (C=O) groups excluding carboxylic acids is 2. The molecule has 9 heteroatoms. The lowest BCUT2D eigenvalue weighted by Gasteiger charge is -2.18. The first kappa shape index (κ1) is 23.1. The van der Waals surface area contributed by atoms with E-state index < -0.39 is 0 Å². The molecule has 0 fully saturated rings. The first-order valence-electron chi connectivity index (χ1n) is 11.8. The molecule has 3 amide bonds. The Kier molecular flexibility index (Phi) is 6.88. The highest BCUT2D eigenvalue weighted by atomic mass is 16.2. The molecule has 0 saturated heterocycles. The number of urea groups is 1. The highest BCUT2D eigenvalue weighted by Crippen LogP contribution is 2.27. The van der Waals surface area contributed by atoms with Crippen LogP contribution >= 0.6 is 0 Å². The number of nitrogens with one attached hydrogen (secondary N) is 3. The third kappa shape index (κ3) is 5.69. The molecule has 36 heavy (non-hydrogen) atoms. The molecule has 0 bridgehead atoms. The van der Waals surface area contributed by atoms with Crippen molar-refractivity contribution in [2.45, 2.75) is 19.5 Å². The number of carbonyl (C=O) groups is 2. The number of amides is 3. The van der Waals surface area contributed by atoms with Gasteiger partial charge in [0.15, 0.2) is 0 Å². The Labute approximate surface area is 209 Å². The average Bonchev–Trinajstić information content (AvgIpc) is 3.58. The van der Waals surface area contributed by atoms with Gasteiger partial charge in [-0.3, -0.25) is 9.36 Å². The van der Waals surface area contributed by atoms with Crippen LogP contribution < -0.4 is 20.9 Å². The summed E-state index contributed by atoms with van der Waals surface area (Å²) >= 11 is 0. The molecule has 0 spiro atoms. The van der Waals surface area contributed by atoms with Crippen LogP contribution in [0.5, 0.6) is 0 Å². The number of para-hydroxylation sites is 1. The Morgan fingerprint density at radius 1 is 0.917 bits per heavy atom. The lowest BCUT2D eigenvalue weighted by molar-refractivity contribution is -0.115. The second-order valence-corrected chi connectivity index (χ2v) is 8.57. The Morgan fingerprint density at radius 2 is 1.72 bits per heavy atom. The fourth-order valence-corrected chi connectivity index (χ4v) is 4.18. The number of anilines is 2. The molecule has 1 aliphatic rings. The molecule has 1 aliphatic heterocycles. The van der Waals surface area contributed by atoms with E-state index in [1.165, 1.54) is 5.56 Å². The quantitative estimate of drug-likeness (QED) is 0.358. The number of pyridine rings is 1. The van der Waals surface area contributed by atoms with E-state index in [4.69, 9.17) is 0 Å². The van der Waals surface area contributed by atoms with Gasteiger partial charge in [0.1, 0.15) is 12.1 Å². The number of hydrogen-bond donors (Lipinski definition) is 3. The molecule has 2 aromatic heterocycles. The van der Waals surface area contributed by atoms with Crippen LogP contribution in [0.3, 0.4) is 0 Å². The highest BCUT2D eigenvalue weighted by molar-refractivity contribution is 5.94. The van der Waals surface area contributed by atoms with Crippen LogP contribution in [-0.2, 0) is 24.3 Å². The summed E-state index contributed by atoms with van der Waals surface area (Å²) in [6.45, 7) is 1.93. The van der Waals surface area contributed by atoms with E-state index in [1.807, 2.05) is 54.7 Å². The topological polar surface area (TPSA) is 104 Å². The van der Waals surface area contributed by atoms with Gasteiger partial charge in [-0.2, -0.15) is 0 Å². The molecule has 182 valence electrons. The van der Waals surface area contributed by atoms with Crippen LogP contribution in [-0.4, -0.2) is 39.6 Å². The Hall–Kier alpha value is -4.66. The molecule has 0 saturated carbocycles. The van der Waals surface area contributed by atoms with Gasteiger partial charge >= 0.3 is 6.03 Å². The summed E-state index contributed by atoms with van der Waals surface area (Å²) in [6, 6.07) is 19.2. The number of benzene rings is 2. The van der Waals surface area contributed by atoms with Crippen molar-refractivity contribution in [3.63, 3.8) is 0 Å². The zero-order chi connectivity index (χ0) is 24.7. The van der Waals surface area contributed by atoms with Gasteiger partial charge in [-0.05, 0) is 53.4 Å². The molecular weight excluding hydrogens is 454 g/mol. The smallest absolute Gasteiger partial charge is 0.315 e. The van der Waals surface area contributed by atoms with Crippen LogP contribution in [0.1, 0.15) is 16.7 Å². The summed E-state index contributed by atoms with van der Waals surface area (Å²) < 4.78 is 1.81. The lowest BCUT2D eigenvalue weighted by atomic mass is 10.2. The van der Waals surface area contributed by atoms with Crippen LogP contribution in [0.15, 0.2) is 85.6 Å². The third-order valence-corrected chi connectivity index (χ3v) is 6.04. The largest absolute Gasteiger partial charge is 0.362 e. The van der Waals surface area contributed by atoms with Crippen molar-refractivity contribution in [2.24, 2.45) is 0 Å². The van der Waals surface area contributed by atoms with Crippen LogP contribution in [0.25, 0.3) is 5.82 Å². The van der Waals surface area contributed by atoms with Crippen LogP contribution in [0, 0.1) is 0 Å². The molecule has 4 aromatic rings. The predicted molar refractivity (Wildman–Crippen MR) is 138 cm³/mol. The van der Waals surface area contributed by atoms with Crippen molar-refractivity contribution in [2.75, 3.05) is 23.3 Å². The second-order valence-electron chi connectivity index (χ2n) is 8.57. The number of rotatable bonds is 8. The first-order chi connectivity index (χ1) is 17.6. The molecule has 2 aromatic carbocycles. The number of fused-ring (bicyclic) bond motifs is 1. The maximum absolute atomic E-state index is 12.5. The zero-order valence-electron chi connectivity index (χ0n) is 19.7. The van der Waals surface area contributed by atoms with E-state index in [-0.39, 0.29) is 11.9 Å². The van der Waals surface area contributed by atoms with Crippen molar-refractivity contribution >= 4 is 23.3 Å². The second kappa shape index (κ2) is 10.7. The van der Waals surface area contributed by atoms with Gasteiger partial charge < -0.3 is 20.9 Å². The SMILES string of the molecule is O=C(CN1CCc2ccccc21)Nc1ccc(CNC(=O)NCc2ccnc(-n3ccnc3)c2)cc1. The predicted octanol–water partition coefficient (Wildman–Crippen LogP) is 3.27. The molecule has 5 rings (SSSR count). The Bertz CT molecular complexity index is 1340. The van der Waals surface area contributed by atoms with Gasteiger partial charge in [-0.15, -0.1) is 0 Å². The van der Waals surface area contributed by atoms with Crippen molar-refractivity contribution in [3.05, 3.63) is 102 Å². The molecule has 0 radical (unpaired) electrons. The monoisotopic (exact) mass is 481 g/mol. The van der Waals surface area contributed by atoms with Gasteiger partial charge in [0.05, 0.1) is 6.54 Å². The molecule has 0 unspecified atom stereocenters. The van der Waals surface area contributed by atoms with Crippen LogP contribution in [0.4, 0.5) is 16.2 Å². The van der Waals surface area contributed by atoms with Gasteiger partial charge in [0.2, 0.25) is 5.91 Å². The lowest BCUT2D eigenvalue weighted by Crippen LogP contribution is -2.34. The molecule has 3 heterocycles. The van der Waals surface area contributed by atoms with Gasteiger partial charge in [0.25, 0.3) is 0 Å². The Balaban J connectivity index is 1.06.